The van der Waals surface area contributed by atoms with Gasteiger partial charge in [0.15, 0.2) is 11.5 Å². The Balaban J connectivity index is 1.34. The lowest BCUT2D eigenvalue weighted by atomic mass is 10.1. The first kappa shape index (κ1) is 23.1. The van der Waals surface area contributed by atoms with Gasteiger partial charge in [0.05, 0.1) is 40.9 Å². The summed E-state index contributed by atoms with van der Waals surface area (Å²) in [7, 11) is 0. The summed E-state index contributed by atoms with van der Waals surface area (Å²) in [5.41, 5.74) is 6.63. The summed E-state index contributed by atoms with van der Waals surface area (Å²) >= 11 is 0. The molecule has 5 aromatic rings. The molecule has 0 aliphatic carbocycles. The Labute approximate surface area is 214 Å². The zero-order valence-corrected chi connectivity index (χ0v) is 20.8. The maximum atomic E-state index is 12.2. The number of fused-ring (bicyclic) bond motifs is 2. The fraction of sp³-hybridized carbons (Fsp3) is 0.333. The molecule has 0 unspecified atom stereocenters. The topological polar surface area (TPSA) is 128 Å². The first-order chi connectivity index (χ1) is 18.2. The van der Waals surface area contributed by atoms with Crippen LogP contribution in [-0.4, -0.2) is 54.1 Å². The standard InChI is InChI=1S/C27H29N9O/c1-2-3-7-23(37)31-19-10-17(12-28-14-19)18-11-20-24(34-35-26(20)30-13-18)27-32-21-15-29-16-22(25(21)33-27)36-8-5-4-6-9-36/h10-16H,2-9H2,1H3,(H,31,37)(H,32,33)(H,30,34,35). The lowest BCUT2D eigenvalue weighted by Gasteiger charge is -2.28. The van der Waals surface area contributed by atoms with Crippen LogP contribution in [0.25, 0.3) is 44.7 Å². The number of hydrogen-bond donors (Lipinski definition) is 3. The number of H-pyrrole nitrogens is 2. The molecule has 1 aliphatic rings. The first-order valence-corrected chi connectivity index (χ1v) is 12.9. The van der Waals surface area contributed by atoms with Gasteiger partial charge in [-0.1, -0.05) is 13.3 Å². The van der Waals surface area contributed by atoms with E-state index in [1.807, 2.05) is 24.5 Å². The minimum Gasteiger partial charge on any atom is -0.368 e. The van der Waals surface area contributed by atoms with Crippen LogP contribution < -0.4 is 10.2 Å². The van der Waals surface area contributed by atoms with Gasteiger partial charge in [-0.05, 0) is 37.8 Å². The lowest BCUT2D eigenvalue weighted by molar-refractivity contribution is -0.116. The van der Waals surface area contributed by atoms with Crippen molar-refractivity contribution in [1.82, 2.24) is 35.1 Å². The highest BCUT2D eigenvalue weighted by atomic mass is 16.1. The van der Waals surface area contributed by atoms with Crippen molar-refractivity contribution in [2.75, 3.05) is 23.3 Å². The van der Waals surface area contributed by atoms with E-state index in [2.05, 4.69) is 47.3 Å². The van der Waals surface area contributed by atoms with Crippen LogP contribution in [0, 0.1) is 0 Å². The zero-order valence-electron chi connectivity index (χ0n) is 20.8. The third-order valence-corrected chi connectivity index (χ3v) is 6.83. The van der Waals surface area contributed by atoms with Crippen molar-refractivity contribution < 1.29 is 4.79 Å². The smallest absolute Gasteiger partial charge is 0.224 e. The number of rotatable bonds is 7. The molecule has 6 heterocycles. The predicted octanol–water partition coefficient (Wildman–Crippen LogP) is 5.08. The van der Waals surface area contributed by atoms with Crippen molar-refractivity contribution >= 4 is 39.3 Å². The summed E-state index contributed by atoms with van der Waals surface area (Å²) in [6, 6.07) is 3.94. The second-order valence-corrected chi connectivity index (χ2v) is 9.50. The number of carbonyl (C=O) groups is 1. The summed E-state index contributed by atoms with van der Waals surface area (Å²) in [4.78, 5) is 36.3. The van der Waals surface area contributed by atoms with Crippen molar-refractivity contribution in [1.29, 1.82) is 0 Å². The van der Waals surface area contributed by atoms with Crippen LogP contribution in [0.4, 0.5) is 11.4 Å². The number of anilines is 2. The molecule has 0 aromatic carbocycles. The molecule has 0 radical (unpaired) electrons. The van der Waals surface area contributed by atoms with E-state index in [4.69, 9.17) is 4.98 Å². The summed E-state index contributed by atoms with van der Waals surface area (Å²) in [6.07, 6.45) is 14.9. The monoisotopic (exact) mass is 495 g/mol. The second kappa shape index (κ2) is 9.96. The average molecular weight is 496 g/mol. The minimum atomic E-state index is -0.00482. The van der Waals surface area contributed by atoms with Gasteiger partial charge in [0.1, 0.15) is 11.2 Å². The van der Waals surface area contributed by atoms with E-state index in [1.165, 1.54) is 19.3 Å². The number of carbonyl (C=O) groups excluding carboxylic acids is 1. The quantitative estimate of drug-likeness (QED) is 0.287. The predicted molar refractivity (Wildman–Crippen MR) is 144 cm³/mol. The molecule has 188 valence electrons. The highest BCUT2D eigenvalue weighted by Gasteiger charge is 2.19. The van der Waals surface area contributed by atoms with E-state index < -0.39 is 0 Å². The molecule has 6 rings (SSSR count). The molecule has 0 atom stereocenters. The average Bonchev–Trinajstić information content (AvgIpc) is 3.56. The lowest BCUT2D eigenvalue weighted by Crippen LogP contribution is -2.29. The van der Waals surface area contributed by atoms with E-state index in [1.54, 1.807) is 18.6 Å². The van der Waals surface area contributed by atoms with Gasteiger partial charge in [0.25, 0.3) is 0 Å². The Morgan fingerprint density at radius 1 is 1.03 bits per heavy atom. The van der Waals surface area contributed by atoms with E-state index >= 15 is 0 Å². The maximum Gasteiger partial charge on any atom is 0.224 e. The van der Waals surface area contributed by atoms with E-state index in [0.29, 0.717) is 23.6 Å². The molecule has 0 saturated carbocycles. The number of amides is 1. The molecule has 1 saturated heterocycles. The van der Waals surface area contributed by atoms with E-state index in [-0.39, 0.29) is 5.91 Å². The number of piperidine rings is 1. The fourth-order valence-corrected chi connectivity index (χ4v) is 4.87. The van der Waals surface area contributed by atoms with Crippen molar-refractivity contribution in [2.45, 2.75) is 45.4 Å². The Morgan fingerprint density at radius 2 is 1.86 bits per heavy atom. The number of aromatic amines is 2. The second-order valence-electron chi connectivity index (χ2n) is 9.50. The normalized spacial score (nSPS) is 13.9. The number of pyridine rings is 3. The largest absolute Gasteiger partial charge is 0.368 e. The molecule has 10 heteroatoms. The van der Waals surface area contributed by atoms with Gasteiger partial charge in [0, 0.05) is 43.0 Å². The molecule has 1 fully saturated rings. The van der Waals surface area contributed by atoms with Crippen LogP contribution >= 0.6 is 0 Å². The summed E-state index contributed by atoms with van der Waals surface area (Å²) in [5.74, 6) is 0.688. The summed E-state index contributed by atoms with van der Waals surface area (Å²) < 4.78 is 0. The van der Waals surface area contributed by atoms with Gasteiger partial charge in [0.2, 0.25) is 5.91 Å². The number of hydrogen-bond acceptors (Lipinski definition) is 7. The molecule has 10 nitrogen and oxygen atoms in total. The number of nitrogens with one attached hydrogen (secondary N) is 3. The molecule has 3 N–H and O–H groups in total. The first-order valence-electron chi connectivity index (χ1n) is 12.9. The Morgan fingerprint density at radius 3 is 2.73 bits per heavy atom. The van der Waals surface area contributed by atoms with Gasteiger partial charge in [-0.3, -0.25) is 19.9 Å². The van der Waals surface area contributed by atoms with Crippen LogP contribution in [0.3, 0.4) is 0 Å². The minimum absolute atomic E-state index is 0.00482. The van der Waals surface area contributed by atoms with Gasteiger partial charge in [-0.25, -0.2) is 9.97 Å². The molecular weight excluding hydrogens is 466 g/mol. The van der Waals surface area contributed by atoms with Gasteiger partial charge in [-0.15, -0.1) is 0 Å². The zero-order chi connectivity index (χ0) is 25.2. The van der Waals surface area contributed by atoms with Crippen molar-refractivity contribution in [2.24, 2.45) is 0 Å². The molecule has 5 aromatic heterocycles. The Kier molecular flexibility index (Phi) is 6.21. The highest BCUT2D eigenvalue weighted by Crippen LogP contribution is 2.32. The highest BCUT2D eigenvalue weighted by molar-refractivity contribution is 5.96. The van der Waals surface area contributed by atoms with Crippen LogP contribution in [-0.2, 0) is 4.79 Å². The van der Waals surface area contributed by atoms with Gasteiger partial charge < -0.3 is 15.2 Å². The van der Waals surface area contributed by atoms with Crippen LogP contribution in [0.2, 0.25) is 0 Å². The van der Waals surface area contributed by atoms with Crippen molar-refractivity contribution in [3.63, 3.8) is 0 Å². The summed E-state index contributed by atoms with van der Waals surface area (Å²) in [6.45, 7) is 4.11. The van der Waals surface area contributed by atoms with Gasteiger partial charge >= 0.3 is 0 Å². The Bertz CT molecular complexity index is 1570. The number of unbranched alkanes of at least 4 members (excludes halogenated alkanes) is 1. The maximum absolute atomic E-state index is 12.2. The van der Waals surface area contributed by atoms with Crippen LogP contribution in [0.5, 0.6) is 0 Å². The third-order valence-electron chi connectivity index (χ3n) is 6.83. The van der Waals surface area contributed by atoms with Crippen molar-refractivity contribution in [3.05, 3.63) is 43.1 Å². The molecule has 37 heavy (non-hydrogen) atoms. The van der Waals surface area contributed by atoms with E-state index in [0.717, 1.165) is 64.9 Å². The SMILES string of the molecule is CCCCC(=O)Nc1cncc(-c2cnc3n[nH]c(-c4nc5c(N6CCCCC6)cncc5[nH]4)c3c2)c1. The molecule has 1 aliphatic heterocycles. The number of aromatic nitrogens is 7. The summed E-state index contributed by atoms with van der Waals surface area (Å²) in [5, 5.41) is 11.3. The van der Waals surface area contributed by atoms with Crippen molar-refractivity contribution in [3.8, 4) is 22.6 Å². The molecule has 1 amide bonds. The molecular formula is C27H29N9O. The van der Waals surface area contributed by atoms with Crippen LogP contribution in [0.15, 0.2) is 43.1 Å². The fourth-order valence-electron chi connectivity index (χ4n) is 4.87. The van der Waals surface area contributed by atoms with Crippen LogP contribution in [0.1, 0.15) is 45.4 Å². The Hall–Kier alpha value is -4.34. The van der Waals surface area contributed by atoms with E-state index in [9.17, 15) is 4.79 Å². The molecule has 0 bridgehead atoms. The number of imidazole rings is 1. The molecule has 0 spiro atoms. The number of nitrogens with zero attached hydrogens (tertiary/aromatic N) is 6. The van der Waals surface area contributed by atoms with Gasteiger partial charge in [-0.2, -0.15) is 5.10 Å². The third kappa shape index (κ3) is 4.62.